The highest BCUT2D eigenvalue weighted by atomic mass is 19.1. The number of benzene rings is 2. The molecule has 1 aromatic heterocycles. The van der Waals surface area contributed by atoms with Crippen LogP contribution in [-0.4, -0.2) is 36.6 Å². The standard InChI is InChI=1S/C23H25F2N5/c1-2-26-23(28-14-17-7-3-6-16-8-5-12-27-21(16)17)29-18-11-13-30(15-18)22-19(24)9-4-10-20(22)25/h3-10,12,18H,2,11,13-15H2,1H3,(H2,26,28,29). The molecule has 1 aliphatic rings. The fourth-order valence-corrected chi connectivity index (χ4v) is 3.84. The Labute approximate surface area is 174 Å². The van der Waals surface area contributed by atoms with E-state index in [1.54, 1.807) is 11.1 Å². The summed E-state index contributed by atoms with van der Waals surface area (Å²) in [6, 6.07) is 14.1. The van der Waals surface area contributed by atoms with Crippen molar-refractivity contribution in [2.75, 3.05) is 24.5 Å². The smallest absolute Gasteiger partial charge is 0.191 e. The van der Waals surface area contributed by atoms with Gasteiger partial charge in [-0.05, 0) is 37.1 Å². The van der Waals surface area contributed by atoms with Crippen LogP contribution < -0.4 is 15.5 Å². The van der Waals surface area contributed by atoms with Gasteiger partial charge in [0.15, 0.2) is 5.96 Å². The lowest BCUT2D eigenvalue weighted by Gasteiger charge is -2.21. The predicted octanol–water partition coefficient (Wildman–Crippen LogP) is 3.85. The highest BCUT2D eigenvalue weighted by Gasteiger charge is 2.27. The lowest BCUT2D eigenvalue weighted by Crippen LogP contribution is -2.44. The first-order valence-electron chi connectivity index (χ1n) is 10.2. The quantitative estimate of drug-likeness (QED) is 0.497. The summed E-state index contributed by atoms with van der Waals surface area (Å²) in [5, 5.41) is 7.75. The molecule has 2 heterocycles. The van der Waals surface area contributed by atoms with Crippen LogP contribution in [-0.2, 0) is 6.54 Å². The summed E-state index contributed by atoms with van der Waals surface area (Å²) in [4.78, 5) is 10.9. The Morgan fingerprint density at radius 3 is 2.70 bits per heavy atom. The van der Waals surface area contributed by atoms with Crippen molar-refractivity contribution < 1.29 is 8.78 Å². The molecule has 5 nitrogen and oxygen atoms in total. The second-order valence-corrected chi connectivity index (χ2v) is 7.33. The number of guanidine groups is 1. The maximum atomic E-state index is 14.1. The van der Waals surface area contributed by atoms with Crippen molar-refractivity contribution >= 4 is 22.5 Å². The Morgan fingerprint density at radius 1 is 1.13 bits per heavy atom. The van der Waals surface area contributed by atoms with E-state index in [9.17, 15) is 8.78 Å². The molecule has 3 aromatic rings. The monoisotopic (exact) mass is 409 g/mol. The van der Waals surface area contributed by atoms with E-state index in [4.69, 9.17) is 4.99 Å². The number of halogens is 2. The van der Waals surface area contributed by atoms with Crippen LogP contribution in [0.1, 0.15) is 18.9 Å². The first kappa shape index (κ1) is 20.1. The zero-order chi connectivity index (χ0) is 20.9. The molecule has 1 aliphatic heterocycles. The molecule has 1 atom stereocenters. The summed E-state index contributed by atoms with van der Waals surface area (Å²) >= 11 is 0. The Balaban J connectivity index is 1.46. The first-order chi connectivity index (χ1) is 14.7. The summed E-state index contributed by atoms with van der Waals surface area (Å²) in [7, 11) is 0. The van der Waals surface area contributed by atoms with Gasteiger partial charge < -0.3 is 15.5 Å². The second kappa shape index (κ2) is 9.07. The molecule has 30 heavy (non-hydrogen) atoms. The number of pyridine rings is 1. The van der Waals surface area contributed by atoms with Crippen LogP contribution in [0.5, 0.6) is 0 Å². The minimum atomic E-state index is -0.528. The third-order valence-corrected chi connectivity index (χ3v) is 5.25. The van der Waals surface area contributed by atoms with E-state index in [1.165, 1.54) is 18.2 Å². The molecule has 1 unspecified atom stereocenters. The number of rotatable bonds is 5. The molecular weight excluding hydrogens is 384 g/mol. The number of aromatic nitrogens is 1. The Bertz CT molecular complexity index is 1030. The molecule has 156 valence electrons. The van der Waals surface area contributed by atoms with Crippen LogP contribution >= 0.6 is 0 Å². The number of nitrogens with one attached hydrogen (secondary N) is 2. The van der Waals surface area contributed by atoms with Gasteiger partial charge in [0.1, 0.15) is 17.3 Å². The molecule has 1 saturated heterocycles. The SMILES string of the molecule is CCNC(=NCc1cccc2cccnc12)NC1CCN(c2c(F)cccc2F)C1. The van der Waals surface area contributed by atoms with Crippen molar-refractivity contribution in [3.8, 4) is 0 Å². The van der Waals surface area contributed by atoms with Gasteiger partial charge in [0.25, 0.3) is 0 Å². The average Bonchev–Trinajstić information content (AvgIpc) is 3.20. The van der Waals surface area contributed by atoms with Gasteiger partial charge in [0, 0.05) is 37.3 Å². The maximum absolute atomic E-state index is 14.1. The van der Waals surface area contributed by atoms with E-state index >= 15 is 0 Å². The average molecular weight is 409 g/mol. The fraction of sp³-hybridized carbons (Fsp3) is 0.304. The van der Waals surface area contributed by atoms with E-state index < -0.39 is 11.6 Å². The van der Waals surface area contributed by atoms with Crippen LogP contribution in [0.3, 0.4) is 0 Å². The maximum Gasteiger partial charge on any atom is 0.191 e. The van der Waals surface area contributed by atoms with Gasteiger partial charge in [0.05, 0.1) is 12.1 Å². The van der Waals surface area contributed by atoms with E-state index in [0.29, 0.717) is 25.6 Å². The number of nitrogens with zero attached hydrogens (tertiary/aromatic N) is 3. The third kappa shape index (κ3) is 4.35. The van der Waals surface area contributed by atoms with Gasteiger partial charge in [-0.15, -0.1) is 0 Å². The molecule has 0 saturated carbocycles. The largest absolute Gasteiger partial charge is 0.365 e. The van der Waals surface area contributed by atoms with Gasteiger partial charge in [-0.1, -0.05) is 30.3 Å². The molecule has 1 fully saturated rings. The summed E-state index contributed by atoms with van der Waals surface area (Å²) < 4.78 is 28.2. The Morgan fingerprint density at radius 2 is 1.90 bits per heavy atom. The molecule has 4 rings (SSSR count). The number of fused-ring (bicyclic) bond motifs is 1. The topological polar surface area (TPSA) is 52.6 Å². The minimum absolute atomic E-state index is 0.0468. The number of hydrogen-bond donors (Lipinski definition) is 2. The molecule has 7 heteroatoms. The third-order valence-electron chi connectivity index (χ3n) is 5.25. The van der Waals surface area contributed by atoms with Crippen molar-refractivity contribution in [1.29, 1.82) is 0 Å². The zero-order valence-corrected chi connectivity index (χ0v) is 16.9. The molecule has 0 spiro atoms. The number of para-hydroxylation sites is 2. The lowest BCUT2D eigenvalue weighted by atomic mass is 10.1. The number of hydrogen-bond acceptors (Lipinski definition) is 3. The molecular formula is C23H25F2N5. The summed E-state index contributed by atoms with van der Waals surface area (Å²) in [5.41, 5.74) is 2.04. The first-order valence-corrected chi connectivity index (χ1v) is 10.2. The van der Waals surface area contributed by atoms with Crippen molar-refractivity contribution in [3.63, 3.8) is 0 Å². The lowest BCUT2D eigenvalue weighted by molar-refractivity contribution is 0.576. The number of aliphatic imine (C=N–C) groups is 1. The molecule has 2 aromatic carbocycles. The Kier molecular flexibility index (Phi) is 6.07. The normalized spacial score (nSPS) is 16.8. The highest BCUT2D eigenvalue weighted by Crippen LogP contribution is 2.26. The molecule has 0 aliphatic carbocycles. The van der Waals surface area contributed by atoms with Gasteiger partial charge in [-0.25, -0.2) is 13.8 Å². The van der Waals surface area contributed by atoms with Crippen LogP contribution in [0.15, 0.2) is 59.7 Å². The molecule has 0 amide bonds. The highest BCUT2D eigenvalue weighted by molar-refractivity contribution is 5.83. The predicted molar refractivity (Wildman–Crippen MR) is 117 cm³/mol. The Hall–Kier alpha value is -3.22. The molecule has 2 N–H and O–H groups in total. The van der Waals surface area contributed by atoms with Gasteiger partial charge in [0.2, 0.25) is 0 Å². The number of anilines is 1. The van der Waals surface area contributed by atoms with Crippen LogP contribution in [0.4, 0.5) is 14.5 Å². The van der Waals surface area contributed by atoms with Crippen molar-refractivity contribution in [1.82, 2.24) is 15.6 Å². The van der Waals surface area contributed by atoms with E-state index in [-0.39, 0.29) is 11.7 Å². The minimum Gasteiger partial charge on any atom is -0.365 e. The van der Waals surface area contributed by atoms with Crippen molar-refractivity contribution in [2.24, 2.45) is 4.99 Å². The molecule has 0 radical (unpaired) electrons. The van der Waals surface area contributed by atoms with Crippen LogP contribution in [0.25, 0.3) is 10.9 Å². The van der Waals surface area contributed by atoms with Crippen molar-refractivity contribution in [3.05, 3.63) is 71.9 Å². The van der Waals surface area contributed by atoms with Crippen LogP contribution in [0, 0.1) is 11.6 Å². The molecule has 0 bridgehead atoms. The van der Waals surface area contributed by atoms with E-state index in [1.807, 2.05) is 37.3 Å². The van der Waals surface area contributed by atoms with Gasteiger partial charge in [-0.2, -0.15) is 0 Å². The van der Waals surface area contributed by atoms with E-state index in [2.05, 4.69) is 15.6 Å². The van der Waals surface area contributed by atoms with Crippen molar-refractivity contribution in [2.45, 2.75) is 25.9 Å². The van der Waals surface area contributed by atoms with E-state index in [0.717, 1.165) is 29.4 Å². The summed E-state index contributed by atoms with van der Waals surface area (Å²) in [5.74, 6) is -0.370. The summed E-state index contributed by atoms with van der Waals surface area (Å²) in [6.07, 6.45) is 2.56. The zero-order valence-electron chi connectivity index (χ0n) is 16.9. The fourth-order valence-electron chi connectivity index (χ4n) is 3.84. The van der Waals surface area contributed by atoms with Gasteiger partial charge in [-0.3, -0.25) is 4.98 Å². The van der Waals surface area contributed by atoms with Gasteiger partial charge >= 0.3 is 0 Å². The second-order valence-electron chi connectivity index (χ2n) is 7.33. The summed E-state index contributed by atoms with van der Waals surface area (Å²) in [6.45, 7) is 4.31. The van der Waals surface area contributed by atoms with Crippen LogP contribution in [0.2, 0.25) is 0 Å².